The third kappa shape index (κ3) is 5.53. The Labute approximate surface area is 157 Å². The predicted molar refractivity (Wildman–Crippen MR) is 99.2 cm³/mol. The van der Waals surface area contributed by atoms with Crippen LogP contribution in [0.25, 0.3) is 0 Å². The summed E-state index contributed by atoms with van der Waals surface area (Å²) in [6.07, 6.45) is 0. The first-order valence-corrected chi connectivity index (χ1v) is 9.55. The van der Waals surface area contributed by atoms with E-state index in [1.807, 2.05) is 0 Å². The Morgan fingerprint density at radius 3 is 2.33 bits per heavy atom. The highest BCUT2D eigenvalue weighted by atomic mass is 32.2. The quantitative estimate of drug-likeness (QED) is 0.663. The van der Waals surface area contributed by atoms with Gasteiger partial charge < -0.3 is 14.8 Å². The van der Waals surface area contributed by atoms with E-state index in [4.69, 9.17) is 9.47 Å². The van der Waals surface area contributed by atoms with Crippen molar-refractivity contribution in [1.29, 1.82) is 0 Å². The molecule has 0 aliphatic carbocycles. The molecule has 0 saturated carbocycles. The van der Waals surface area contributed by atoms with Crippen LogP contribution >= 0.6 is 0 Å². The molecule has 0 saturated heterocycles. The molecule has 2 aromatic rings. The molecular weight excluding hydrogens is 372 g/mol. The number of benzene rings is 2. The van der Waals surface area contributed by atoms with Crippen LogP contribution in [0.15, 0.2) is 53.4 Å². The Bertz CT molecular complexity index is 910. The van der Waals surface area contributed by atoms with Crippen molar-refractivity contribution in [2.45, 2.75) is 11.8 Å². The number of nitrogens with one attached hydrogen (secondary N) is 2. The first-order valence-electron chi connectivity index (χ1n) is 8.07. The number of carbonyl (C=O) groups excluding carboxylic acids is 2. The molecule has 0 aromatic heterocycles. The number of hydrogen-bond donors (Lipinski definition) is 2. The molecule has 1 amide bonds. The molecule has 8 nitrogen and oxygen atoms in total. The van der Waals surface area contributed by atoms with Crippen molar-refractivity contribution in [3.8, 4) is 5.75 Å². The summed E-state index contributed by atoms with van der Waals surface area (Å²) in [4.78, 5) is 24.0. The van der Waals surface area contributed by atoms with E-state index in [9.17, 15) is 18.0 Å². The van der Waals surface area contributed by atoms with E-state index in [2.05, 4.69) is 10.0 Å². The molecule has 0 aliphatic rings. The van der Waals surface area contributed by atoms with Crippen molar-refractivity contribution in [1.82, 2.24) is 4.72 Å². The smallest absolute Gasteiger partial charge is 0.340 e. The van der Waals surface area contributed by atoms with Gasteiger partial charge in [0.1, 0.15) is 5.75 Å². The lowest BCUT2D eigenvalue weighted by Crippen LogP contribution is -2.33. The molecule has 0 heterocycles. The maximum atomic E-state index is 12.2. The molecule has 2 N–H and O–H groups in total. The number of ether oxygens (including phenoxy) is 2. The Balaban J connectivity index is 2.03. The van der Waals surface area contributed by atoms with Crippen molar-refractivity contribution in [2.24, 2.45) is 0 Å². The molecule has 2 aromatic carbocycles. The highest BCUT2D eigenvalue weighted by molar-refractivity contribution is 7.89. The fourth-order valence-electron chi connectivity index (χ4n) is 2.17. The predicted octanol–water partition coefficient (Wildman–Crippen LogP) is 1.79. The van der Waals surface area contributed by atoms with Gasteiger partial charge in [0, 0.05) is 0 Å². The van der Waals surface area contributed by atoms with E-state index in [1.165, 1.54) is 43.5 Å². The normalized spacial score (nSPS) is 10.9. The molecule has 0 spiro atoms. The van der Waals surface area contributed by atoms with Crippen LogP contribution in [-0.2, 0) is 19.6 Å². The van der Waals surface area contributed by atoms with Crippen LogP contribution in [0, 0.1) is 0 Å². The topological polar surface area (TPSA) is 111 Å². The van der Waals surface area contributed by atoms with E-state index >= 15 is 0 Å². The minimum absolute atomic E-state index is 0.00280. The Kier molecular flexibility index (Phi) is 6.91. The van der Waals surface area contributed by atoms with Gasteiger partial charge in [-0.3, -0.25) is 4.79 Å². The summed E-state index contributed by atoms with van der Waals surface area (Å²) in [7, 11) is -2.39. The number of rotatable bonds is 8. The highest BCUT2D eigenvalue weighted by Crippen LogP contribution is 2.17. The fourth-order valence-corrected chi connectivity index (χ4v) is 3.15. The van der Waals surface area contributed by atoms with Crippen molar-refractivity contribution >= 4 is 27.6 Å². The molecule has 0 bridgehead atoms. The van der Waals surface area contributed by atoms with E-state index in [-0.39, 0.29) is 22.8 Å². The number of sulfonamides is 1. The Morgan fingerprint density at radius 2 is 1.70 bits per heavy atom. The van der Waals surface area contributed by atoms with Gasteiger partial charge in [-0.15, -0.1) is 0 Å². The van der Waals surface area contributed by atoms with Crippen LogP contribution < -0.4 is 14.8 Å². The molecule has 0 radical (unpaired) electrons. The second-order valence-corrected chi connectivity index (χ2v) is 7.08. The third-order valence-electron chi connectivity index (χ3n) is 3.49. The maximum Gasteiger partial charge on any atom is 0.340 e. The average Bonchev–Trinajstić information content (AvgIpc) is 2.67. The summed E-state index contributed by atoms with van der Waals surface area (Å²) >= 11 is 0. The minimum atomic E-state index is -3.87. The largest absolute Gasteiger partial charge is 0.497 e. The lowest BCUT2D eigenvalue weighted by molar-refractivity contribution is -0.115. The molecule has 27 heavy (non-hydrogen) atoms. The Hall–Kier alpha value is -2.91. The first-order chi connectivity index (χ1) is 12.9. The maximum absolute atomic E-state index is 12.2. The van der Waals surface area contributed by atoms with E-state index in [0.717, 1.165) is 0 Å². The minimum Gasteiger partial charge on any atom is -0.497 e. The number of amides is 1. The molecule has 0 atom stereocenters. The van der Waals surface area contributed by atoms with Gasteiger partial charge in [-0.05, 0) is 43.3 Å². The van der Waals surface area contributed by atoms with Gasteiger partial charge in [0.25, 0.3) is 0 Å². The van der Waals surface area contributed by atoms with Crippen molar-refractivity contribution in [3.05, 3.63) is 54.1 Å². The van der Waals surface area contributed by atoms with E-state index < -0.39 is 28.4 Å². The average molecular weight is 392 g/mol. The van der Waals surface area contributed by atoms with Gasteiger partial charge in [0.05, 0.1) is 36.4 Å². The number of esters is 1. The lowest BCUT2D eigenvalue weighted by Gasteiger charge is -2.11. The molecule has 0 unspecified atom stereocenters. The zero-order valence-electron chi connectivity index (χ0n) is 14.9. The van der Waals surface area contributed by atoms with Crippen LogP contribution in [0.1, 0.15) is 17.3 Å². The van der Waals surface area contributed by atoms with Crippen LogP contribution in [0.2, 0.25) is 0 Å². The lowest BCUT2D eigenvalue weighted by atomic mass is 10.2. The Morgan fingerprint density at radius 1 is 1.04 bits per heavy atom. The van der Waals surface area contributed by atoms with Gasteiger partial charge in [-0.25, -0.2) is 17.9 Å². The molecule has 144 valence electrons. The van der Waals surface area contributed by atoms with Crippen LogP contribution in [0.3, 0.4) is 0 Å². The molecule has 0 fully saturated rings. The van der Waals surface area contributed by atoms with Crippen molar-refractivity contribution in [2.75, 3.05) is 25.6 Å². The molecule has 2 rings (SSSR count). The van der Waals surface area contributed by atoms with Gasteiger partial charge in [0.2, 0.25) is 15.9 Å². The number of hydrogen-bond acceptors (Lipinski definition) is 6. The number of methoxy groups -OCH3 is 1. The zero-order chi connectivity index (χ0) is 19.9. The summed E-state index contributed by atoms with van der Waals surface area (Å²) in [5.41, 5.74) is 0.426. The van der Waals surface area contributed by atoms with Crippen molar-refractivity contribution < 1.29 is 27.5 Å². The van der Waals surface area contributed by atoms with Gasteiger partial charge in [-0.2, -0.15) is 0 Å². The SMILES string of the molecule is CCOC(=O)c1ccccc1NC(=O)CNS(=O)(=O)c1ccc(OC)cc1. The second-order valence-electron chi connectivity index (χ2n) is 5.31. The molecular formula is C18H20N2O6S. The number of para-hydroxylation sites is 1. The van der Waals surface area contributed by atoms with Gasteiger partial charge in [-0.1, -0.05) is 12.1 Å². The van der Waals surface area contributed by atoms with Crippen molar-refractivity contribution in [3.63, 3.8) is 0 Å². The fraction of sp³-hybridized carbons (Fsp3) is 0.222. The summed E-state index contributed by atoms with van der Waals surface area (Å²) in [6.45, 7) is 1.38. The van der Waals surface area contributed by atoms with Crippen LogP contribution in [0.5, 0.6) is 5.75 Å². The summed E-state index contributed by atoms with van der Waals surface area (Å²) < 4.78 is 36.6. The zero-order valence-corrected chi connectivity index (χ0v) is 15.7. The van der Waals surface area contributed by atoms with E-state index in [0.29, 0.717) is 5.75 Å². The van der Waals surface area contributed by atoms with E-state index in [1.54, 1.807) is 19.1 Å². The third-order valence-corrected chi connectivity index (χ3v) is 4.91. The standard InChI is InChI=1S/C18H20N2O6S/c1-3-26-18(22)15-6-4-5-7-16(15)20-17(21)12-19-27(23,24)14-10-8-13(25-2)9-11-14/h4-11,19H,3,12H2,1-2H3,(H,20,21). The summed E-state index contributed by atoms with van der Waals surface area (Å²) in [5.74, 6) is -0.682. The van der Waals surface area contributed by atoms with Gasteiger partial charge >= 0.3 is 5.97 Å². The number of anilines is 1. The first kappa shape index (κ1) is 20.4. The summed E-state index contributed by atoms with van der Waals surface area (Å²) in [5, 5.41) is 2.51. The van der Waals surface area contributed by atoms with Gasteiger partial charge in [0.15, 0.2) is 0 Å². The monoisotopic (exact) mass is 392 g/mol. The molecule has 0 aliphatic heterocycles. The van der Waals surface area contributed by atoms with Crippen LogP contribution in [0.4, 0.5) is 5.69 Å². The van der Waals surface area contributed by atoms with Crippen LogP contribution in [-0.4, -0.2) is 40.6 Å². The molecule has 9 heteroatoms. The number of carbonyl (C=O) groups is 2. The highest BCUT2D eigenvalue weighted by Gasteiger charge is 2.17. The summed E-state index contributed by atoms with van der Waals surface area (Å²) in [6, 6.07) is 12.1. The second kappa shape index (κ2) is 9.15.